The molecule has 0 saturated heterocycles. The Morgan fingerprint density at radius 2 is 2.29 bits per heavy atom. The fourth-order valence-electron chi connectivity index (χ4n) is 2.30. The number of amides is 2. The lowest BCUT2D eigenvalue weighted by Crippen LogP contribution is -2.40. The second-order valence-corrected chi connectivity index (χ2v) is 6.17. The average molecular weight is 334 g/mol. The van der Waals surface area contributed by atoms with Gasteiger partial charge < -0.3 is 20.3 Å². The van der Waals surface area contributed by atoms with Crippen LogP contribution in [0.1, 0.15) is 31.7 Å². The molecule has 8 heteroatoms. The van der Waals surface area contributed by atoms with Crippen molar-refractivity contribution >= 4 is 6.03 Å². The highest BCUT2D eigenvalue weighted by atomic mass is 19.1. The standard InChI is InChI=1S/C16H19FN4O3/c1-10(19-15(23)18-8-16(9-22)5-6-16)14-20-13(21-24-14)11-3-2-4-12(17)7-11/h2-4,7,10,22H,5-6,8-9H2,1H3,(H2,18,19,23). The molecule has 0 radical (unpaired) electrons. The smallest absolute Gasteiger partial charge is 0.315 e. The van der Waals surface area contributed by atoms with Gasteiger partial charge in [-0.3, -0.25) is 0 Å². The van der Waals surface area contributed by atoms with Crippen LogP contribution in [0, 0.1) is 11.2 Å². The van der Waals surface area contributed by atoms with Gasteiger partial charge in [0.1, 0.15) is 11.9 Å². The van der Waals surface area contributed by atoms with E-state index in [1.165, 1.54) is 12.1 Å². The summed E-state index contributed by atoms with van der Waals surface area (Å²) in [6.07, 6.45) is 1.83. The van der Waals surface area contributed by atoms with Gasteiger partial charge in [0.2, 0.25) is 11.7 Å². The first-order chi connectivity index (χ1) is 11.5. The molecule has 128 valence electrons. The number of benzene rings is 1. The van der Waals surface area contributed by atoms with Gasteiger partial charge in [0.05, 0.1) is 6.61 Å². The van der Waals surface area contributed by atoms with E-state index in [4.69, 9.17) is 4.52 Å². The number of carbonyl (C=O) groups excluding carboxylic acids is 1. The lowest BCUT2D eigenvalue weighted by atomic mass is 10.1. The third-order valence-electron chi connectivity index (χ3n) is 4.16. The van der Waals surface area contributed by atoms with E-state index < -0.39 is 6.04 Å². The van der Waals surface area contributed by atoms with E-state index in [9.17, 15) is 14.3 Å². The molecule has 1 aromatic heterocycles. The van der Waals surface area contributed by atoms with Crippen molar-refractivity contribution < 1.29 is 18.8 Å². The molecule has 1 fully saturated rings. The van der Waals surface area contributed by atoms with Crippen LogP contribution >= 0.6 is 0 Å². The normalized spacial score (nSPS) is 16.5. The van der Waals surface area contributed by atoms with Gasteiger partial charge in [-0.1, -0.05) is 17.3 Å². The zero-order valence-corrected chi connectivity index (χ0v) is 13.3. The maximum absolute atomic E-state index is 13.2. The topological polar surface area (TPSA) is 100 Å². The first kappa shape index (κ1) is 16.4. The fraction of sp³-hybridized carbons (Fsp3) is 0.438. The summed E-state index contributed by atoms with van der Waals surface area (Å²) in [4.78, 5) is 16.1. The zero-order valence-electron chi connectivity index (χ0n) is 13.3. The molecule has 1 atom stereocenters. The Kier molecular flexibility index (Phi) is 4.48. The van der Waals surface area contributed by atoms with E-state index in [-0.39, 0.29) is 35.6 Å². The summed E-state index contributed by atoms with van der Waals surface area (Å²) in [7, 11) is 0. The molecule has 1 heterocycles. The van der Waals surface area contributed by atoms with Gasteiger partial charge in [0, 0.05) is 17.5 Å². The van der Waals surface area contributed by atoms with Gasteiger partial charge in [-0.15, -0.1) is 0 Å². The quantitative estimate of drug-likeness (QED) is 0.750. The number of nitrogens with zero attached hydrogens (tertiary/aromatic N) is 2. The molecule has 0 aliphatic heterocycles. The molecule has 0 spiro atoms. The Bertz CT molecular complexity index is 730. The average Bonchev–Trinajstić information content (AvgIpc) is 3.18. The third-order valence-corrected chi connectivity index (χ3v) is 4.16. The molecule has 1 aliphatic carbocycles. The number of aromatic nitrogens is 2. The first-order valence-corrected chi connectivity index (χ1v) is 7.76. The molecular weight excluding hydrogens is 315 g/mol. The number of urea groups is 1. The van der Waals surface area contributed by atoms with Crippen LogP contribution in [-0.2, 0) is 0 Å². The highest BCUT2D eigenvalue weighted by molar-refractivity contribution is 5.74. The Labute approximate surface area is 138 Å². The van der Waals surface area contributed by atoms with Gasteiger partial charge in [-0.05, 0) is 31.9 Å². The molecule has 24 heavy (non-hydrogen) atoms. The summed E-state index contributed by atoms with van der Waals surface area (Å²) in [5.41, 5.74) is 0.343. The molecular formula is C16H19FN4O3. The summed E-state index contributed by atoms with van der Waals surface area (Å²) in [5, 5.41) is 18.5. The van der Waals surface area contributed by atoms with Crippen LogP contribution in [0.15, 0.2) is 28.8 Å². The van der Waals surface area contributed by atoms with Crippen LogP contribution < -0.4 is 10.6 Å². The molecule has 3 rings (SSSR count). The Morgan fingerprint density at radius 3 is 2.96 bits per heavy atom. The van der Waals surface area contributed by atoms with Crippen molar-refractivity contribution in [1.29, 1.82) is 0 Å². The van der Waals surface area contributed by atoms with Crippen molar-refractivity contribution in [2.45, 2.75) is 25.8 Å². The molecule has 1 saturated carbocycles. The van der Waals surface area contributed by atoms with Crippen molar-refractivity contribution in [1.82, 2.24) is 20.8 Å². The predicted molar refractivity (Wildman–Crippen MR) is 83.4 cm³/mol. The van der Waals surface area contributed by atoms with Crippen molar-refractivity contribution in [2.24, 2.45) is 5.41 Å². The lowest BCUT2D eigenvalue weighted by Gasteiger charge is -2.15. The zero-order chi connectivity index (χ0) is 17.2. The van der Waals surface area contributed by atoms with Crippen LogP contribution in [0.2, 0.25) is 0 Å². The fourth-order valence-corrected chi connectivity index (χ4v) is 2.30. The molecule has 2 aromatic rings. The molecule has 2 amide bonds. The van der Waals surface area contributed by atoms with Gasteiger partial charge in [0.15, 0.2) is 0 Å². The van der Waals surface area contributed by atoms with Gasteiger partial charge in [-0.2, -0.15) is 4.98 Å². The predicted octanol–water partition coefficient (Wildman–Crippen LogP) is 2.01. The number of aliphatic hydroxyl groups is 1. The van der Waals surface area contributed by atoms with Crippen LogP contribution in [-0.4, -0.2) is 34.4 Å². The van der Waals surface area contributed by atoms with Crippen molar-refractivity contribution in [3.8, 4) is 11.4 Å². The Morgan fingerprint density at radius 1 is 1.50 bits per heavy atom. The Hall–Kier alpha value is -2.48. The number of halogens is 1. The monoisotopic (exact) mass is 334 g/mol. The molecule has 7 nitrogen and oxygen atoms in total. The maximum atomic E-state index is 13.2. The molecule has 1 unspecified atom stereocenters. The third kappa shape index (κ3) is 3.70. The summed E-state index contributed by atoms with van der Waals surface area (Å²) >= 11 is 0. The molecule has 1 aliphatic rings. The van der Waals surface area contributed by atoms with Gasteiger partial charge >= 0.3 is 6.03 Å². The van der Waals surface area contributed by atoms with Gasteiger partial charge in [0.25, 0.3) is 0 Å². The van der Waals surface area contributed by atoms with E-state index in [1.807, 2.05) is 0 Å². The van der Waals surface area contributed by atoms with Crippen LogP contribution in [0.25, 0.3) is 11.4 Å². The second-order valence-electron chi connectivity index (χ2n) is 6.17. The molecule has 0 bridgehead atoms. The lowest BCUT2D eigenvalue weighted by molar-refractivity contribution is 0.201. The number of rotatable bonds is 6. The van der Waals surface area contributed by atoms with E-state index in [0.29, 0.717) is 12.1 Å². The van der Waals surface area contributed by atoms with Crippen molar-refractivity contribution in [3.05, 3.63) is 36.0 Å². The number of carbonyl (C=O) groups is 1. The van der Waals surface area contributed by atoms with Gasteiger partial charge in [-0.25, -0.2) is 9.18 Å². The SMILES string of the molecule is CC(NC(=O)NCC1(CO)CC1)c1nc(-c2cccc(F)c2)no1. The molecule has 3 N–H and O–H groups in total. The Balaban J connectivity index is 1.57. The minimum absolute atomic E-state index is 0.0729. The highest BCUT2D eigenvalue weighted by Crippen LogP contribution is 2.44. The minimum atomic E-state index is -0.496. The van der Waals surface area contributed by atoms with Crippen LogP contribution in [0.4, 0.5) is 9.18 Å². The van der Waals surface area contributed by atoms with E-state index in [2.05, 4.69) is 20.8 Å². The van der Waals surface area contributed by atoms with E-state index in [0.717, 1.165) is 12.8 Å². The number of hydrogen-bond donors (Lipinski definition) is 3. The number of aliphatic hydroxyl groups excluding tert-OH is 1. The summed E-state index contributed by atoms with van der Waals surface area (Å²) in [6.45, 7) is 2.21. The summed E-state index contributed by atoms with van der Waals surface area (Å²) < 4.78 is 18.4. The van der Waals surface area contributed by atoms with Crippen molar-refractivity contribution in [2.75, 3.05) is 13.2 Å². The van der Waals surface area contributed by atoms with Crippen LogP contribution in [0.3, 0.4) is 0 Å². The van der Waals surface area contributed by atoms with Crippen molar-refractivity contribution in [3.63, 3.8) is 0 Å². The number of nitrogens with one attached hydrogen (secondary N) is 2. The number of hydrogen-bond acceptors (Lipinski definition) is 5. The largest absolute Gasteiger partial charge is 0.396 e. The first-order valence-electron chi connectivity index (χ1n) is 7.76. The summed E-state index contributed by atoms with van der Waals surface area (Å²) in [6, 6.07) is 5.01. The highest BCUT2D eigenvalue weighted by Gasteiger charge is 2.42. The maximum Gasteiger partial charge on any atom is 0.315 e. The second kappa shape index (κ2) is 6.56. The van der Waals surface area contributed by atoms with E-state index in [1.54, 1.807) is 19.1 Å². The summed E-state index contributed by atoms with van der Waals surface area (Å²) in [5.74, 6) is 0.103. The minimum Gasteiger partial charge on any atom is -0.396 e. The van der Waals surface area contributed by atoms with E-state index >= 15 is 0 Å². The van der Waals surface area contributed by atoms with Crippen LogP contribution in [0.5, 0.6) is 0 Å². The molecule has 1 aromatic carbocycles.